The Labute approximate surface area is 91.1 Å². The van der Waals surface area contributed by atoms with Crippen LogP contribution in [0.25, 0.3) is 0 Å². The molecule has 78 valence electrons. The summed E-state index contributed by atoms with van der Waals surface area (Å²) in [6.07, 6.45) is -0.821. The highest BCUT2D eigenvalue weighted by atomic mass is 79.9. The van der Waals surface area contributed by atoms with E-state index >= 15 is 0 Å². The summed E-state index contributed by atoms with van der Waals surface area (Å²) in [4.78, 5) is 0. The van der Waals surface area contributed by atoms with Crippen molar-refractivity contribution in [1.29, 1.82) is 0 Å². The van der Waals surface area contributed by atoms with Crippen LogP contribution in [0.15, 0.2) is 10.5 Å². The molecule has 4 heteroatoms. The van der Waals surface area contributed by atoms with E-state index in [1.54, 1.807) is 6.92 Å². The Morgan fingerprint density at radius 2 is 2.14 bits per heavy atom. The summed E-state index contributed by atoms with van der Waals surface area (Å²) in [6, 6.07) is 1.44. The van der Waals surface area contributed by atoms with Gasteiger partial charge in [-0.25, -0.2) is 4.39 Å². The van der Waals surface area contributed by atoms with Crippen LogP contribution >= 0.6 is 15.9 Å². The Balaban J connectivity index is 3.39. The van der Waals surface area contributed by atoms with E-state index in [4.69, 9.17) is 5.73 Å². The first-order valence-corrected chi connectivity index (χ1v) is 5.11. The maximum absolute atomic E-state index is 13.3. The molecule has 1 aromatic carbocycles. The van der Waals surface area contributed by atoms with Gasteiger partial charge in [0.15, 0.2) is 0 Å². The summed E-state index contributed by atoms with van der Waals surface area (Å²) in [5.41, 5.74) is 7.58. The number of aliphatic hydroxyl groups is 1. The van der Waals surface area contributed by atoms with Gasteiger partial charge in [-0.3, -0.25) is 0 Å². The molecule has 3 N–H and O–H groups in total. The van der Waals surface area contributed by atoms with Crippen molar-refractivity contribution in [2.45, 2.75) is 20.0 Å². The Morgan fingerprint density at radius 3 is 2.64 bits per heavy atom. The van der Waals surface area contributed by atoms with Gasteiger partial charge in [-0.05, 0) is 47.0 Å². The van der Waals surface area contributed by atoms with Crippen LogP contribution in [0.1, 0.15) is 22.8 Å². The normalized spacial score (nSPS) is 13.0. The first-order chi connectivity index (χ1) is 6.49. The number of hydrogen-bond donors (Lipinski definition) is 2. The van der Waals surface area contributed by atoms with Crippen LogP contribution in [0.4, 0.5) is 4.39 Å². The van der Waals surface area contributed by atoms with Crippen molar-refractivity contribution in [2.75, 3.05) is 6.54 Å². The topological polar surface area (TPSA) is 46.2 Å². The molecule has 2 nitrogen and oxygen atoms in total. The summed E-state index contributed by atoms with van der Waals surface area (Å²) in [5, 5.41) is 9.62. The maximum atomic E-state index is 13.3. The number of benzene rings is 1. The molecule has 0 saturated heterocycles. The molecule has 1 rings (SSSR count). The maximum Gasteiger partial charge on any atom is 0.138 e. The molecule has 0 bridgehead atoms. The first-order valence-electron chi connectivity index (χ1n) is 4.32. The minimum atomic E-state index is -0.821. The Morgan fingerprint density at radius 1 is 1.57 bits per heavy atom. The summed E-state index contributed by atoms with van der Waals surface area (Å²) < 4.78 is 13.6. The van der Waals surface area contributed by atoms with Crippen LogP contribution in [0.5, 0.6) is 0 Å². The SMILES string of the molecule is Cc1cc(F)c(Br)c(C(O)CN)c1C. The van der Waals surface area contributed by atoms with Gasteiger partial charge in [0.25, 0.3) is 0 Å². The third kappa shape index (κ3) is 1.97. The van der Waals surface area contributed by atoms with Crippen molar-refractivity contribution in [3.05, 3.63) is 33.0 Å². The van der Waals surface area contributed by atoms with E-state index in [0.717, 1.165) is 11.1 Å². The fourth-order valence-electron chi connectivity index (χ4n) is 1.38. The number of rotatable bonds is 2. The number of aryl methyl sites for hydroxylation is 1. The molecule has 0 aliphatic rings. The average Bonchev–Trinajstić information content (AvgIpc) is 2.15. The number of nitrogens with two attached hydrogens (primary N) is 1. The lowest BCUT2D eigenvalue weighted by molar-refractivity contribution is 0.184. The van der Waals surface area contributed by atoms with Gasteiger partial charge in [0.05, 0.1) is 10.6 Å². The molecule has 0 heterocycles. The van der Waals surface area contributed by atoms with Gasteiger partial charge < -0.3 is 10.8 Å². The number of halogens is 2. The second-order valence-electron chi connectivity index (χ2n) is 3.28. The fourth-order valence-corrected chi connectivity index (χ4v) is 2.06. The molecule has 0 aliphatic carbocycles. The second kappa shape index (κ2) is 4.38. The summed E-state index contributed by atoms with van der Waals surface area (Å²) in [5.74, 6) is -0.365. The van der Waals surface area contributed by atoms with Gasteiger partial charge in [0, 0.05) is 12.1 Å². The van der Waals surface area contributed by atoms with E-state index < -0.39 is 6.10 Å². The average molecular weight is 262 g/mol. The zero-order valence-electron chi connectivity index (χ0n) is 8.14. The zero-order valence-corrected chi connectivity index (χ0v) is 9.73. The molecule has 0 amide bonds. The molecule has 0 saturated carbocycles. The predicted molar refractivity (Wildman–Crippen MR) is 57.6 cm³/mol. The van der Waals surface area contributed by atoms with Gasteiger partial charge in [-0.2, -0.15) is 0 Å². The quantitative estimate of drug-likeness (QED) is 0.858. The van der Waals surface area contributed by atoms with Crippen LogP contribution in [0, 0.1) is 19.7 Å². The number of aliphatic hydroxyl groups excluding tert-OH is 1. The monoisotopic (exact) mass is 261 g/mol. The molecule has 14 heavy (non-hydrogen) atoms. The molecule has 1 atom stereocenters. The molecular formula is C10H13BrFNO. The Bertz CT molecular complexity index is 328. The molecule has 0 aromatic heterocycles. The summed E-state index contributed by atoms with van der Waals surface area (Å²) >= 11 is 3.12. The fraction of sp³-hybridized carbons (Fsp3) is 0.400. The van der Waals surface area contributed by atoms with Crippen LogP contribution < -0.4 is 5.73 Å². The first kappa shape index (κ1) is 11.6. The largest absolute Gasteiger partial charge is 0.387 e. The van der Waals surface area contributed by atoms with Crippen molar-refractivity contribution in [2.24, 2.45) is 5.73 Å². The Kier molecular flexibility index (Phi) is 3.64. The zero-order chi connectivity index (χ0) is 10.9. The standard InChI is InChI=1S/C10H13BrFNO/c1-5-3-7(12)10(11)9(6(5)2)8(14)4-13/h3,8,14H,4,13H2,1-2H3. The lowest BCUT2D eigenvalue weighted by Gasteiger charge is -2.16. The Hall–Kier alpha value is -0.450. The molecule has 0 aliphatic heterocycles. The van der Waals surface area contributed by atoms with Crippen LogP contribution in [0.3, 0.4) is 0 Å². The van der Waals surface area contributed by atoms with Gasteiger partial charge >= 0.3 is 0 Å². The van der Waals surface area contributed by atoms with Crippen molar-refractivity contribution in [3.63, 3.8) is 0 Å². The minimum Gasteiger partial charge on any atom is -0.387 e. The van der Waals surface area contributed by atoms with Crippen molar-refractivity contribution in [1.82, 2.24) is 0 Å². The molecule has 0 fully saturated rings. The highest BCUT2D eigenvalue weighted by Crippen LogP contribution is 2.31. The molecule has 0 radical (unpaired) electrons. The van der Waals surface area contributed by atoms with Gasteiger partial charge in [0.2, 0.25) is 0 Å². The van der Waals surface area contributed by atoms with Crippen molar-refractivity contribution >= 4 is 15.9 Å². The highest BCUT2D eigenvalue weighted by molar-refractivity contribution is 9.10. The minimum absolute atomic E-state index is 0.0856. The third-order valence-corrected chi connectivity index (χ3v) is 3.15. The predicted octanol–water partition coefficient (Wildman–Crippen LogP) is 2.20. The van der Waals surface area contributed by atoms with Crippen LogP contribution in [-0.2, 0) is 0 Å². The van der Waals surface area contributed by atoms with Gasteiger partial charge in [-0.1, -0.05) is 0 Å². The molecule has 0 spiro atoms. The van der Waals surface area contributed by atoms with Gasteiger partial charge in [-0.15, -0.1) is 0 Å². The van der Waals surface area contributed by atoms with E-state index in [1.807, 2.05) is 6.92 Å². The highest BCUT2D eigenvalue weighted by Gasteiger charge is 2.17. The van der Waals surface area contributed by atoms with E-state index in [-0.39, 0.29) is 12.4 Å². The van der Waals surface area contributed by atoms with E-state index in [1.165, 1.54) is 6.07 Å². The smallest absolute Gasteiger partial charge is 0.138 e. The van der Waals surface area contributed by atoms with Crippen LogP contribution in [0.2, 0.25) is 0 Å². The summed E-state index contributed by atoms with van der Waals surface area (Å²) in [6.45, 7) is 3.73. The van der Waals surface area contributed by atoms with E-state index in [9.17, 15) is 9.50 Å². The van der Waals surface area contributed by atoms with E-state index in [0.29, 0.717) is 10.0 Å². The third-order valence-electron chi connectivity index (χ3n) is 2.34. The second-order valence-corrected chi connectivity index (χ2v) is 4.07. The van der Waals surface area contributed by atoms with Gasteiger partial charge in [0.1, 0.15) is 5.82 Å². The number of hydrogen-bond acceptors (Lipinski definition) is 2. The van der Waals surface area contributed by atoms with Crippen molar-refractivity contribution < 1.29 is 9.50 Å². The van der Waals surface area contributed by atoms with Crippen molar-refractivity contribution in [3.8, 4) is 0 Å². The lowest BCUT2D eigenvalue weighted by Crippen LogP contribution is -2.14. The molecule has 1 unspecified atom stereocenters. The van der Waals surface area contributed by atoms with Crippen LogP contribution in [-0.4, -0.2) is 11.7 Å². The lowest BCUT2D eigenvalue weighted by atomic mass is 9.99. The molecular weight excluding hydrogens is 249 g/mol. The molecule has 1 aromatic rings. The summed E-state index contributed by atoms with van der Waals surface area (Å²) in [7, 11) is 0. The van der Waals surface area contributed by atoms with E-state index in [2.05, 4.69) is 15.9 Å².